The maximum absolute atomic E-state index is 10.3. The molecule has 0 aliphatic carbocycles. The van der Waals surface area contributed by atoms with E-state index in [-0.39, 0.29) is 12.6 Å². The maximum Gasteiger partial charge on any atom is 0.323 e. The lowest BCUT2D eigenvalue weighted by Gasteiger charge is -2.13. The van der Waals surface area contributed by atoms with Crippen LogP contribution >= 0.6 is 0 Å². The second kappa shape index (κ2) is 8.87. The van der Waals surface area contributed by atoms with Gasteiger partial charge in [-0.3, -0.25) is 14.5 Å². The molecule has 1 heterocycles. The van der Waals surface area contributed by atoms with E-state index in [2.05, 4.69) is 11.6 Å². The van der Waals surface area contributed by atoms with Crippen LogP contribution in [-0.2, 0) is 22.6 Å². The molecule has 0 amide bonds. The summed E-state index contributed by atoms with van der Waals surface area (Å²) < 4.78 is 1.59. The SMILES string of the molecule is C=CCc1nccn1CC(=O)O.CC(C(=O)O)N(C)C. The van der Waals surface area contributed by atoms with E-state index in [1.807, 2.05) is 0 Å². The molecule has 0 saturated heterocycles. The zero-order valence-corrected chi connectivity index (χ0v) is 12.0. The summed E-state index contributed by atoms with van der Waals surface area (Å²) in [6, 6.07) is -0.380. The van der Waals surface area contributed by atoms with E-state index in [4.69, 9.17) is 10.2 Å². The Morgan fingerprint density at radius 3 is 2.45 bits per heavy atom. The van der Waals surface area contributed by atoms with Crippen molar-refractivity contribution in [1.82, 2.24) is 14.5 Å². The Labute approximate surface area is 118 Å². The van der Waals surface area contributed by atoms with E-state index < -0.39 is 11.9 Å². The molecule has 1 aromatic rings. The lowest BCUT2D eigenvalue weighted by molar-refractivity contribution is -0.141. The fourth-order valence-corrected chi connectivity index (χ4v) is 1.17. The van der Waals surface area contributed by atoms with Crippen LogP contribution in [0.1, 0.15) is 12.7 Å². The highest BCUT2D eigenvalue weighted by atomic mass is 16.4. The zero-order chi connectivity index (χ0) is 15.7. The third kappa shape index (κ3) is 6.69. The molecule has 7 nitrogen and oxygen atoms in total. The van der Waals surface area contributed by atoms with Crippen molar-refractivity contribution in [1.29, 1.82) is 0 Å². The summed E-state index contributed by atoms with van der Waals surface area (Å²) in [5.41, 5.74) is 0. The van der Waals surface area contributed by atoms with Gasteiger partial charge in [0.1, 0.15) is 18.4 Å². The maximum atomic E-state index is 10.3. The van der Waals surface area contributed by atoms with Gasteiger partial charge in [-0.05, 0) is 21.0 Å². The molecule has 0 saturated carbocycles. The number of rotatable bonds is 6. The Morgan fingerprint density at radius 1 is 1.50 bits per heavy atom. The number of allylic oxidation sites excluding steroid dienone is 1. The Bertz CT molecular complexity index is 454. The summed E-state index contributed by atoms with van der Waals surface area (Å²) in [5, 5.41) is 16.8. The molecule has 0 fully saturated rings. The predicted octanol–water partition coefficient (Wildman–Crippen LogP) is 0.717. The fraction of sp³-hybridized carbons (Fsp3) is 0.462. The molecule has 7 heteroatoms. The van der Waals surface area contributed by atoms with Gasteiger partial charge in [0.25, 0.3) is 0 Å². The lowest BCUT2D eigenvalue weighted by Crippen LogP contribution is -2.32. The summed E-state index contributed by atoms with van der Waals surface area (Å²) in [5.74, 6) is -0.916. The quantitative estimate of drug-likeness (QED) is 0.747. The minimum Gasteiger partial charge on any atom is -0.480 e. The van der Waals surface area contributed by atoms with Crippen molar-refractivity contribution in [3.63, 3.8) is 0 Å². The van der Waals surface area contributed by atoms with Gasteiger partial charge in [-0.1, -0.05) is 6.08 Å². The first kappa shape index (κ1) is 17.8. The third-order valence-electron chi connectivity index (χ3n) is 2.57. The first-order valence-electron chi connectivity index (χ1n) is 6.01. The lowest BCUT2D eigenvalue weighted by atomic mass is 10.3. The molecule has 112 valence electrons. The molecule has 0 radical (unpaired) electrons. The van der Waals surface area contributed by atoms with Crippen molar-refractivity contribution in [2.75, 3.05) is 14.1 Å². The van der Waals surface area contributed by atoms with Crippen LogP contribution in [0.15, 0.2) is 25.0 Å². The second-order valence-corrected chi connectivity index (χ2v) is 4.34. The Balaban J connectivity index is 0.000000396. The molecular formula is C13H21N3O4. The molecule has 0 aliphatic heterocycles. The second-order valence-electron chi connectivity index (χ2n) is 4.34. The first-order chi connectivity index (χ1) is 9.29. The van der Waals surface area contributed by atoms with Gasteiger partial charge in [-0.2, -0.15) is 0 Å². The van der Waals surface area contributed by atoms with Gasteiger partial charge in [0.15, 0.2) is 0 Å². The average molecular weight is 283 g/mol. The van der Waals surface area contributed by atoms with E-state index in [1.165, 1.54) is 0 Å². The van der Waals surface area contributed by atoms with Gasteiger partial charge in [-0.25, -0.2) is 4.98 Å². The van der Waals surface area contributed by atoms with Gasteiger partial charge >= 0.3 is 11.9 Å². The van der Waals surface area contributed by atoms with Gasteiger partial charge in [0, 0.05) is 18.8 Å². The minimum absolute atomic E-state index is 0.0385. The molecule has 1 unspecified atom stereocenters. The van der Waals surface area contributed by atoms with Crippen LogP contribution < -0.4 is 0 Å². The number of aliphatic carboxylic acids is 2. The Kier molecular flexibility index (Phi) is 7.91. The summed E-state index contributed by atoms with van der Waals surface area (Å²) in [6.45, 7) is 5.16. The van der Waals surface area contributed by atoms with Crippen molar-refractivity contribution in [3.05, 3.63) is 30.9 Å². The number of carbonyl (C=O) groups is 2. The van der Waals surface area contributed by atoms with Crippen LogP contribution in [0.5, 0.6) is 0 Å². The number of imidazole rings is 1. The number of likely N-dealkylation sites (N-methyl/N-ethyl adjacent to an activating group) is 1. The zero-order valence-electron chi connectivity index (χ0n) is 12.0. The van der Waals surface area contributed by atoms with Crippen LogP contribution in [-0.4, -0.2) is 56.7 Å². The third-order valence-corrected chi connectivity index (χ3v) is 2.57. The number of carboxylic acids is 2. The molecule has 1 atom stereocenters. The van der Waals surface area contributed by atoms with Crippen molar-refractivity contribution in [3.8, 4) is 0 Å². The largest absolute Gasteiger partial charge is 0.480 e. The molecule has 2 N–H and O–H groups in total. The number of hydrogen-bond donors (Lipinski definition) is 2. The molecule has 0 aromatic carbocycles. The van der Waals surface area contributed by atoms with E-state index >= 15 is 0 Å². The van der Waals surface area contributed by atoms with Crippen LogP contribution in [0.4, 0.5) is 0 Å². The number of hydrogen-bond acceptors (Lipinski definition) is 4. The van der Waals surface area contributed by atoms with Gasteiger partial charge in [-0.15, -0.1) is 6.58 Å². The summed E-state index contributed by atoms with van der Waals surface area (Å²) in [6.07, 6.45) is 5.52. The topological polar surface area (TPSA) is 95.7 Å². The van der Waals surface area contributed by atoms with Crippen molar-refractivity contribution in [2.24, 2.45) is 0 Å². The summed E-state index contributed by atoms with van der Waals surface area (Å²) in [4.78, 5) is 26.1. The highest BCUT2D eigenvalue weighted by Crippen LogP contribution is 1.98. The van der Waals surface area contributed by atoms with Gasteiger partial charge in [0.05, 0.1) is 0 Å². The summed E-state index contributed by atoms with van der Waals surface area (Å²) in [7, 11) is 3.47. The van der Waals surface area contributed by atoms with Crippen LogP contribution in [0, 0.1) is 0 Å². The summed E-state index contributed by atoms with van der Waals surface area (Å²) >= 11 is 0. The highest BCUT2D eigenvalue weighted by Gasteiger charge is 2.11. The molecule has 0 bridgehead atoms. The fourth-order valence-electron chi connectivity index (χ4n) is 1.17. The Morgan fingerprint density at radius 2 is 2.10 bits per heavy atom. The molecule has 0 aliphatic rings. The van der Waals surface area contributed by atoms with Crippen LogP contribution in [0.25, 0.3) is 0 Å². The highest BCUT2D eigenvalue weighted by molar-refractivity contribution is 5.72. The molecule has 1 rings (SSSR count). The number of nitrogens with zero attached hydrogens (tertiary/aromatic N) is 3. The first-order valence-corrected chi connectivity index (χ1v) is 6.01. The van der Waals surface area contributed by atoms with E-state index in [9.17, 15) is 9.59 Å². The van der Waals surface area contributed by atoms with Crippen LogP contribution in [0.2, 0.25) is 0 Å². The van der Waals surface area contributed by atoms with Gasteiger partial charge in [0.2, 0.25) is 0 Å². The molecular weight excluding hydrogens is 262 g/mol. The monoisotopic (exact) mass is 283 g/mol. The molecule has 1 aromatic heterocycles. The predicted molar refractivity (Wildman–Crippen MR) is 74.5 cm³/mol. The van der Waals surface area contributed by atoms with Crippen molar-refractivity contribution in [2.45, 2.75) is 25.9 Å². The van der Waals surface area contributed by atoms with Crippen LogP contribution in [0.3, 0.4) is 0 Å². The van der Waals surface area contributed by atoms with Crippen molar-refractivity contribution < 1.29 is 19.8 Å². The number of aromatic nitrogens is 2. The minimum atomic E-state index is -0.863. The Hall–Kier alpha value is -2.15. The van der Waals surface area contributed by atoms with E-state index in [0.717, 1.165) is 5.82 Å². The van der Waals surface area contributed by atoms with Gasteiger partial charge < -0.3 is 14.8 Å². The molecule has 20 heavy (non-hydrogen) atoms. The molecule has 0 spiro atoms. The average Bonchev–Trinajstić information content (AvgIpc) is 2.76. The normalized spacial score (nSPS) is 11.4. The van der Waals surface area contributed by atoms with E-state index in [1.54, 1.807) is 49.0 Å². The van der Waals surface area contributed by atoms with E-state index in [0.29, 0.717) is 6.42 Å². The standard InChI is InChI=1S/C8H10N2O2.C5H11NO2/c1-2-3-7-9-4-5-10(7)6-8(11)12;1-4(5(7)8)6(2)3/h2,4-5H,1,3,6H2,(H,11,12);4H,1-3H3,(H,7,8). The number of carboxylic acid groups (broad SMARTS) is 2. The van der Waals surface area contributed by atoms with Crippen molar-refractivity contribution >= 4 is 11.9 Å². The smallest absolute Gasteiger partial charge is 0.323 e.